The Labute approximate surface area is 112 Å². The summed E-state index contributed by atoms with van der Waals surface area (Å²) in [6.07, 6.45) is 9.70. The van der Waals surface area contributed by atoms with Crippen molar-refractivity contribution in [3.05, 3.63) is 0 Å². The summed E-state index contributed by atoms with van der Waals surface area (Å²) in [6.45, 7) is 8.10. The van der Waals surface area contributed by atoms with Gasteiger partial charge in [0.05, 0.1) is 0 Å². The Morgan fingerprint density at radius 3 is 2.28 bits per heavy atom. The van der Waals surface area contributed by atoms with Gasteiger partial charge in [-0.15, -0.1) is 11.8 Å². The highest BCUT2D eigenvalue weighted by atomic mass is 15.0. The van der Waals surface area contributed by atoms with Crippen LogP contribution in [0.15, 0.2) is 0 Å². The van der Waals surface area contributed by atoms with Crippen LogP contribution in [0.25, 0.3) is 0 Å². The standard InChI is InChI=1S/C17H27N/c1-4-5-6-7-18-17-10-14-8-15(2,12-17)11-16(3,9-14)13-17/h14,18H,6-13H2,1-3H3. The average Bonchev–Trinajstić information content (AvgIpc) is 2.19. The molecule has 4 aliphatic carbocycles. The Balaban J connectivity index is 1.74. The minimum atomic E-state index is 0.457. The lowest BCUT2D eigenvalue weighted by atomic mass is 9.43. The smallest absolute Gasteiger partial charge is 0.0214 e. The van der Waals surface area contributed by atoms with Crippen LogP contribution in [0.1, 0.15) is 65.7 Å². The van der Waals surface area contributed by atoms with E-state index >= 15 is 0 Å². The number of hydrogen-bond acceptors (Lipinski definition) is 1. The van der Waals surface area contributed by atoms with Gasteiger partial charge in [0.15, 0.2) is 0 Å². The molecule has 0 radical (unpaired) electrons. The van der Waals surface area contributed by atoms with Crippen molar-refractivity contribution >= 4 is 0 Å². The second kappa shape index (κ2) is 4.01. The first kappa shape index (κ1) is 12.5. The fourth-order valence-corrected chi connectivity index (χ4v) is 6.16. The highest BCUT2D eigenvalue weighted by molar-refractivity contribution is 5.14. The van der Waals surface area contributed by atoms with Crippen molar-refractivity contribution in [2.45, 2.75) is 71.3 Å². The summed E-state index contributed by atoms with van der Waals surface area (Å²) >= 11 is 0. The molecule has 4 bridgehead atoms. The minimum absolute atomic E-state index is 0.457. The van der Waals surface area contributed by atoms with Crippen molar-refractivity contribution in [2.75, 3.05) is 6.54 Å². The molecule has 2 atom stereocenters. The van der Waals surface area contributed by atoms with Crippen LogP contribution in [0.3, 0.4) is 0 Å². The molecule has 0 aromatic rings. The first-order chi connectivity index (χ1) is 8.47. The zero-order valence-electron chi connectivity index (χ0n) is 12.2. The Kier molecular flexibility index (Phi) is 2.79. The molecule has 0 aromatic heterocycles. The third kappa shape index (κ3) is 2.10. The van der Waals surface area contributed by atoms with Crippen molar-refractivity contribution < 1.29 is 0 Å². The molecule has 2 unspecified atom stereocenters. The monoisotopic (exact) mass is 245 g/mol. The number of nitrogens with one attached hydrogen (secondary N) is 1. The van der Waals surface area contributed by atoms with Gasteiger partial charge in [-0.1, -0.05) is 13.8 Å². The van der Waals surface area contributed by atoms with Crippen LogP contribution in [-0.2, 0) is 0 Å². The molecule has 100 valence electrons. The topological polar surface area (TPSA) is 12.0 Å². The predicted octanol–water partition coefficient (Wildman–Crippen LogP) is 3.74. The summed E-state index contributed by atoms with van der Waals surface area (Å²) in [5.74, 6) is 7.18. The van der Waals surface area contributed by atoms with Crippen molar-refractivity contribution in [3.63, 3.8) is 0 Å². The Morgan fingerprint density at radius 2 is 1.72 bits per heavy atom. The van der Waals surface area contributed by atoms with Gasteiger partial charge in [0.25, 0.3) is 0 Å². The average molecular weight is 245 g/mol. The van der Waals surface area contributed by atoms with Crippen LogP contribution >= 0.6 is 0 Å². The molecule has 4 rings (SSSR count). The summed E-state index contributed by atoms with van der Waals surface area (Å²) in [4.78, 5) is 0. The zero-order chi connectivity index (χ0) is 12.9. The van der Waals surface area contributed by atoms with Gasteiger partial charge < -0.3 is 5.32 Å². The highest BCUT2D eigenvalue weighted by Crippen LogP contribution is 2.66. The van der Waals surface area contributed by atoms with E-state index in [0.717, 1.165) is 18.9 Å². The van der Waals surface area contributed by atoms with Crippen LogP contribution in [0.4, 0.5) is 0 Å². The third-order valence-corrected chi connectivity index (χ3v) is 5.55. The molecular formula is C17H27N. The summed E-state index contributed by atoms with van der Waals surface area (Å²) in [5, 5.41) is 3.91. The van der Waals surface area contributed by atoms with E-state index in [0.29, 0.717) is 16.4 Å². The number of rotatable bonds is 3. The molecule has 1 N–H and O–H groups in total. The predicted molar refractivity (Wildman–Crippen MR) is 76.2 cm³/mol. The van der Waals surface area contributed by atoms with Gasteiger partial charge in [0, 0.05) is 18.5 Å². The van der Waals surface area contributed by atoms with Crippen molar-refractivity contribution in [3.8, 4) is 11.8 Å². The van der Waals surface area contributed by atoms with E-state index in [4.69, 9.17) is 0 Å². The summed E-state index contributed by atoms with van der Waals surface area (Å²) in [6, 6.07) is 0. The van der Waals surface area contributed by atoms with Crippen molar-refractivity contribution in [2.24, 2.45) is 16.7 Å². The first-order valence-electron chi connectivity index (χ1n) is 7.61. The second-order valence-corrected chi connectivity index (χ2v) is 8.01. The molecule has 0 aromatic carbocycles. The molecule has 0 heterocycles. The Bertz CT molecular complexity index is 382. The molecule has 18 heavy (non-hydrogen) atoms. The Morgan fingerprint density at radius 1 is 1.06 bits per heavy atom. The van der Waals surface area contributed by atoms with E-state index in [1.165, 1.54) is 38.5 Å². The summed E-state index contributed by atoms with van der Waals surface area (Å²) in [5.41, 5.74) is 1.70. The largest absolute Gasteiger partial charge is 0.310 e. The molecule has 0 amide bonds. The normalized spacial score (nSPS) is 48.9. The summed E-state index contributed by atoms with van der Waals surface area (Å²) in [7, 11) is 0. The lowest BCUT2D eigenvalue weighted by Crippen LogP contribution is -2.64. The lowest BCUT2D eigenvalue weighted by molar-refractivity contribution is -0.117. The van der Waals surface area contributed by atoms with E-state index in [1.807, 2.05) is 6.92 Å². The molecule has 4 fully saturated rings. The van der Waals surface area contributed by atoms with Gasteiger partial charge in [-0.2, -0.15) is 0 Å². The van der Waals surface area contributed by atoms with Gasteiger partial charge in [0.2, 0.25) is 0 Å². The van der Waals surface area contributed by atoms with Gasteiger partial charge in [0.1, 0.15) is 0 Å². The maximum absolute atomic E-state index is 3.91. The van der Waals surface area contributed by atoms with E-state index < -0.39 is 0 Å². The maximum atomic E-state index is 3.91. The molecule has 0 aliphatic heterocycles. The van der Waals surface area contributed by atoms with Gasteiger partial charge >= 0.3 is 0 Å². The van der Waals surface area contributed by atoms with Crippen LogP contribution in [0, 0.1) is 28.6 Å². The maximum Gasteiger partial charge on any atom is 0.0214 e. The van der Waals surface area contributed by atoms with Gasteiger partial charge in [-0.3, -0.25) is 0 Å². The van der Waals surface area contributed by atoms with E-state index in [9.17, 15) is 0 Å². The molecular weight excluding hydrogens is 218 g/mol. The fraction of sp³-hybridized carbons (Fsp3) is 0.882. The molecule has 1 nitrogen and oxygen atoms in total. The number of hydrogen-bond donors (Lipinski definition) is 1. The van der Waals surface area contributed by atoms with Crippen LogP contribution in [0.5, 0.6) is 0 Å². The Hall–Kier alpha value is -0.480. The van der Waals surface area contributed by atoms with E-state index in [2.05, 4.69) is 31.0 Å². The molecule has 0 saturated heterocycles. The zero-order valence-corrected chi connectivity index (χ0v) is 12.2. The van der Waals surface area contributed by atoms with Crippen LogP contribution in [-0.4, -0.2) is 12.1 Å². The molecule has 4 saturated carbocycles. The SMILES string of the molecule is CC#CCCNC12CC3CC(C)(CC(C)(C3)C1)C2. The molecule has 0 spiro atoms. The van der Waals surface area contributed by atoms with Gasteiger partial charge in [-0.05, 0) is 62.2 Å². The molecule has 4 aliphatic rings. The fourth-order valence-electron chi connectivity index (χ4n) is 6.16. The van der Waals surface area contributed by atoms with Gasteiger partial charge in [-0.25, -0.2) is 0 Å². The van der Waals surface area contributed by atoms with Crippen molar-refractivity contribution in [1.82, 2.24) is 5.32 Å². The van der Waals surface area contributed by atoms with E-state index in [1.54, 1.807) is 0 Å². The highest BCUT2D eigenvalue weighted by Gasteiger charge is 2.59. The first-order valence-corrected chi connectivity index (χ1v) is 7.61. The van der Waals surface area contributed by atoms with Crippen molar-refractivity contribution in [1.29, 1.82) is 0 Å². The summed E-state index contributed by atoms with van der Waals surface area (Å²) < 4.78 is 0. The quantitative estimate of drug-likeness (QED) is 0.590. The lowest BCUT2D eigenvalue weighted by Gasteiger charge is -2.65. The van der Waals surface area contributed by atoms with Crippen LogP contribution < -0.4 is 5.32 Å². The third-order valence-electron chi connectivity index (χ3n) is 5.55. The molecule has 1 heteroatoms. The minimum Gasteiger partial charge on any atom is -0.310 e. The second-order valence-electron chi connectivity index (χ2n) is 8.01. The van der Waals surface area contributed by atoms with E-state index in [-0.39, 0.29) is 0 Å². The van der Waals surface area contributed by atoms with Crippen LogP contribution in [0.2, 0.25) is 0 Å².